The van der Waals surface area contributed by atoms with E-state index in [9.17, 15) is 10.2 Å². The van der Waals surface area contributed by atoms with Gasteiger partial charge in [-0.15, -0.1) is 0 Å². The summed E-state index contributed by atoms with van der Waals surface area (Å²) in [6.45, 7) is 2.22. The molecule has 2 aromatic rings. The van der Waals surface area contributed by atoms with Crippen LogP contribution in [0.5, 0.6) is 11.5 Å². The maximum Gasteiger partial charge on any atom is 0.165 e. The summed E-state index contributed by atoms with van der Waals surface area (Å²) in [6.07, 6.45) is 12.1. The highest BCUT2D eigenvalue weighted by Gasteiger charge is 2.82. The quantitative estimate of drug-likeness (QED) is 0.522. The monoisotopic (exact) mass is 484 g/mol. The Balaban J connectivity index is 1.38. The molecule has 0 aromatic heterocycles. The Morgan fingerprint density at radius 1 is 1.08 bits per heavy atom. The van der Waals surface area contributed by atoms with Crippen LogP contribution in [0.25, 0.3) is 0 Å². The standard InChI is InChI=1S/C32H36O4/c1-29(27(34)20-6-4-3-5-7-20)18-30-14-15-32(29,35-2)28-31(30)13-12-21(16-19-8-9-19)23(30)17-22-10-11-24(33)26(36-28)25(22)31/h3-7,10-11,14-15,19,21,23,27-28,33-34H,8-9,12-13,16-18H2,1-2H3/t21?,23-,27+,28+,29+,30+,31-,32-/m0/s1. The van der Waals surface area contributed by atoms with Crippen molar-refractivity contribution in [3.05, 3.63) is 71.3 Å². The van der Waals surface area contributed by atoms with Crippen LogP contribution in [-0.4, -0.2) is 29.0 Å². The van der Waals surface area contributed by atoms with E-state index in [0.29, 0.717) is 17.6 Å². The maximum absolute atomic E-state index is 12.1. The molecule has 188 valence electrons. The number of hydrogen-bond acceptors (Lipinski definition) is 4. The molecule has 1 heterocycles. The predicted octanol–water partition coefficient (Wildman–Crippen LogP) is 5.86. The molecule has 4 bridgehead atoms. The fourth-order valence-corrected chi connectivity index (χ4v) is 10.1. The zero-order valence-electron chi connectivity index (χ0n) is 21.2. The molecule has 4 nitrogen and oxygen atoms in total. The third-order valence-corrected chi connectivity index (χ3v) is 11.7. The number of aliphatic hydroxyl groups excluding tert-OH is 1. The minimum absolute atomic E-state index is 0.119. The molecule has 36 heavy (non-hydrogen) atoms. The average molecular weight is 485 g/mol. The highest BCUT2D eigenvalue weighted by atomic mass is 16.6. The summed E-state index contributed by atoms with van der Waals surface area (Å²) >= 11 is 0. The van der Waals surface area contributed by atoms with E-state index in [-0.39, 0.29) is 22.7 Å². The van der Waals surface area contributed by atoms with Crippen molar-refractivity contribution >= 4 is 0 Å². The normalized spacial score (nSPS) is 43.7. The molecule has 2 spiro atoms. The molecular formula is C32H36O4. The first-order chi connectivity index (χ1) is 17.4. The van der Waals surface area contributed by atoms with Gasteiger partial charge in [-0.25, -0.2) is 0 Å². The highest BCUT2D eigenvalue weighted by molar-refractivity contribution is 5.65. The fourth-order valence-electron chi connectivity index (χ4n) is 10.1. The van der Waals surface area contributed by atoms with Gasteiger partial charge in [0.05, 0.1) is 6.10 Å². The van der Waals surface area contributed by atoms with E-state index >= 15 is 0 Å². The summed E-state index contributed by atoms with van der Waals surface area (Å²) in [5.41, 5.74) is 1.80. The number of rotatable bonds is 5. The topological polar surface area (TPSA) is 58.9 Å². The first kappa shape index (κ1) is 21.8. The van der Waals surface area contributed by atoms with Gasteiger partial charge in [-0.1, -0.05) is 68.3 Å². The summed E-state index contributed by atoms with van der Waals surface area (Å²) in [6, 6.07) is 14.1. The van der Waals surface area contributed by atoms with Gasteiger partial charge in [0.25, 0.3) is 0 Å². The molecule has 8 atom stereocenters. The molecule has 3 fully saturated rings. The van der Waals surface area contributed by atoms with Crippen LogP contribution < -0.4 is 4.74 Å². The predicted molar refractivity (Wildman–Crippen MR) is 137 cm³/mol. The van der Waals surface area contributed by atoms with E-state index in [1.165, 1.54) is 36.8 Å². The first-order valence-electron chi connectivity index (χ1n) is 13.9. The Bertz CT molecular complexity index is 1280. The van der Waals surface area contributed by atoms with Gasteiger partial charge in [-0.2, -0.15) is 0 Å². The molecule has 0 amide bonds. The van der Waals surface area contributed by atoms with Crippen LogP contribution in [0, 0.1) is 28.6 Å². The maximum atomic E-state index is 12.1. The van der Waals surface area contributed by atoms with E-state index in [1.54, 1.807) is 7.11 Å². The van der Waals surface area contributed by atoms with Gasteiger partial charge in [0.15, 0.2) is 11.5 Å². The lowest BCUT2D eigenvalue weighted by molar-refractivity contribution is -0.271. The molecule has 3 saturated carbocycles. The van der Waals surface area contributed by atoms with Crippen LogP contribution in [0.1, 0.15) is 68.2 Å². The molecule has 0 saturated heterocycles. The van der Waals surface area contributed by atoms with Crippen molar-refractivity contribution in [3.8, 4) is 11.5 Å². The van der Waals surface area contributed by atoms with Gasteiger partial charge in [0.1, 0.15) is 11.7 Å². The number of ether oxygens (including phenoxy) is 2. The molecule has 2 N–H and O–H groups in total. The van der Waals surface area contributed by atoms with Crippen LogP contribution in [0.15, 0.2) is 54.6 Å². The van der Waals surface area contributed by atoms with Crippen molar-refractivity contribution in [3.63, 3.8) is 0 Å². The fraction of sp³-hybridized carbons (Fsp3) is 0.562. The van der Waals surface area contributed by atoms with E-state index in [2.05, 4.69) is 25.1 Å². The van der Waals surface area contributed by atoms with Crippen molar-refractivity contribution in [2.75, 3.05) is 7.11 Å². The van der Waals surface area contributed by atoms with Crippen molar-refractivity contribution in [2.45, 2.75) is 75.1 Å². The average Bonchev–Trinajstić information content (AvgIpc) is 3.64. The Kier molecular flexibility index (Phi) is 4.09. The van der Waals surface area contributed by atoms with Gasteiger partial charge in [-0.05, 0) is 67.1 Å². The van der Waals surface area contributed by atoms with Crippen LogP contribution in [0.4, 0.5) is 0 Å². The number of phenolic OH excluding ortho intramolecular Hbond substituents is 1. The van der Waals surface area contributed by atoms with Crippen LogP contribution in [-0.2, 0) is 16.6 Å². The van der Waals surface area contributed by atoms with E-state index in [0.717, 1.165) is 30.7 Å². The molecule has 4 heteroatoms. The van der Waals surface area contributed by atoms with E-state index in [4.69, 9.17) is 9.47 Å². The Morgan fingerprint density at radius 2 is 1.89 bits per heavy atom. The first-order valence-corrected chi connectivity index (χ1v) is 13.9. The van der Waals surface area contributed by atoms with Crippen molar-refractivity contribution < 1.29 is 19.7 Å². The zero-order chi connectivity index (χ0) is 24.5. The smallest absolute Gasteiger partial charge is 0.165 e. The lowest BCUT2D eigenvalue weighted by atomic mass is 9.30. The molecule has 1 unspecified atom stereocenters. The third kappa shape index (κ3) is 2.23. The van der Waals surface area contributed by atoms with Crippen molar-refractivity contribution in [1.29, 1.82) is 0 Å². The van der Waals surface area contributed by atoms with Gasteiger partial charge in [-0.3, -0.25) is 0 Å². The minimum atomic E-state index is -0.808. The molecule has 6 aliphatic carbocycles. The molecule has 7 aliphatic rings. The Hall–Kier alpha value is -2.30. The largest absolute Gasteiger partial charge is 0.504 e. The van der Waals surface area contributed by atoms with Gasteiger partial charge in [0, 0.05) is 28.9 Å². The Morgan fingerprint density at radius 3 is 2.64 bits per heavy atom. The van der Waals surface area contributed by atoms with E-state index in [1.807, 2.05) is 36.4 Å². The summed E-state index contributed by atoms with van der Waals surface area (Å²) in [4.78, 5) is 0. The zero-order valence-corrected chi connectivity index (χ0v) is 21.2. The van der Waals surface area contributed by atoms with Crippen LogP contribution in [0.3, 0.4) is 0 Å². The SMILES string of the molecule is CO[C@]12C=C[C@@]3(C[C@]1(C)[C@H](O)c1ccccc1)[C@H]1Cc4ccc(O)c5c4[C@@]3(CCC1CC1CC1)[C@H]2O5. The summed E-state index contributed by atoms with van der Waals surface area (Å²) in [5, 5.41) is 23.1. The second kappa shape index (κ2) is 6.76. The number of methoxy groups -OCH3 is 1. The Labute approximate surface area is 213 Å². The number of aromatic hydroxyl groups is 1. The molecule has 1 aliphatic heterocycles. The van der Waals surface area contributed by atoms with Crippen LogP contribution in [0.2, 0.25) is 0 Å². The molecule has 9 rings (SSSR count). The molecular weight excluding hydrogens is 448 g/mol. The summed E-state index contributed by atoms with van der Waals surface area (Å²) in [5.74, 6) is 3.00. The lowest BCUT2D eigenvalue weighted by Crippen LogP contribution is -2.79. The van der Waals surface area contributed by atoms with Gasteiger partial charge in [0.2, 0.25) is 0 Å². The second-order valence-electron chi connectivity index (χ2n) is 13.0. The number of phenols is 1. The highest BCUT2D eigenvalue weighted by Crippen LogP contribution is 2.80. The van der Waals surface area contributed by atoms with Gasteiger partial charge >= 0.3 is 0 Å². The summed E-state index contributed by atoms with van der Waals surface area (Å²) < 4.78 is 13.5. The third-order valence-electron chi connectivity index (χ3n) is 11.7. The summed E-state index contributed by atoms with van der Waals surface area (Å²) in [7, 11) is 1.78. The number of aliphatic hydroxyl groups is 1. The van der Waals surface area contributed by atoms with Crippen molar-refractivity contribution in [1.82, 2.24) is 0 Å². The lowest BCUT2D eigenvalue weighted by Gasteiger charge is -2.74. The van der Waals surface area contributed by atoms with Crippen molar-refractivity contribution in [2.24, 2.45) is 28.6 Å². The number of fused-ring (bicyclic) bond motifs is 1. The van der Waals surface area contributed by atoms with Crippen LogP contribution >= 0.6 is 0 Å². The number of hydrogen-bond donors (Lipinski definition) is 2. The molecule has 2 aromatic carbocycles. The second-order valence-corrected chi connectivity index (χ2v) is 13.0. The number of allylic oxidation sites excluding steroid dienone is 1. The number of benzene rings is 2. The molecule has 0 radical (unpaired) electrons. The van der Waals surface area contributed by atoms with E-state index < -0.39 is 17.1 Å². The minimum Gasteiger partial charge on any atom is -0.504 e. The van der Waals surface area contributed by atoms with Gasteiger partial charge < -0.3 is 19.7 Å².